The van der Waals surface area contributed by atoms with E-state index in [4.69, 9.17) is 0 Å². The van der Waals surface area contributed by atoms with E-state index < -0.39 is 0 Å². The van der Waals surface area contributed by atoms with Crippen molar-refractivity contribution < 1.29 is 0 Å². The summed E-state index contributed by atoms with van der Waals surface area (Å²) in [4.78, 5) is 2.36. The van der Waals surface area contributed by atoms with Gasteiger partial charge in [0.2, 0.25) is 0 Å². The van der Waals surface area contributed by atoms with E-state index >= 15 is 0 Å². The maximum atomic E-state index is 4.12. The Hall–Kier alpha value is -0.340. The molecule has 0 atom stereocenters. The summed E-state index contributed by atoms with van der Waals surface area (Å²) in [5.41, 5.74) is 1.46. The Morgan fingerprint density at radius 2 is 1.88 bits per heavy atom. The maximum Gasteiger partial charge on any atom is 0.0199 e. The molecule has 0 aliphatic carbocycles. The van der Waals surface area contributed by atoms with E-state index in [9.17, 15) is 0 Å². The second-order valence-electron chi connectivity index (χ2n) is 5.80. The van der Waals surface area contributed by atoms with E-state index in [0.717, 1.165) is 13.1 Å². The number of hydrogen-bond acceptors (Lipinski definition) is 2. The van der Waals surface area contributed by atoms with Gasteiger partial charge in [0, 0.05) is 18.6 Å². The predicted molar refractivity (Wildman–Crippen MR) is 73.9 cm³/mol. The van der Waals surface area contributed by atoms with Gasteiger partial charge in [-0.1, -0.05) is 26.3 Å². The standard InChI is InChI=1S/C14H30N2/c1-7-8-9-10-16(6)12-13(2)11-15-14(3,4)5/h15H,2,7-12H2,1,3-6H3. The molecule has 0 heterocycles. The molecule has 2 heteroatoms. The van der Waals surface area contributed by atoms with Gasteiger partial charge in [0.15, 0.2) is 0 Å². The molecule has 0 bridgehead atoms. The highest BCUT2D eigenvalue weighted by Gasteiger charge is 2.09. The van der Waals surface area contributed by atoms with Crippen LogP contribution >= 0.6 is 0 Å². The van der Waals surface area contributed by atoms with E-state index in [0.29, 0.717) is 0 Å². The number of hydrogen-bond donors (Lipinski definition) is 1. The van der Waals surface area contributed by atoms with E-state index in [-0.39, 0.29) is 5.54 Å². The zero-order valence-electron chi connectivity index (χ0n) is 11.9. The predicted octanol–water partition coefficient (Wildman–Crippen LogP) is 3.05. The lowest BCUT2D eigenvalue weighted by atomic mass is 10.1. The lowest BCUT2D eigenvalue weighted by molar-refractivity contribution is 0.343. The van der Waals surface area contributed by atoms with Crippen LogP contribution in [-0.4, -0.2) is 37.1 Å². The van der Waals surface area contributed by atoms with Gasteiger partial charge in [-0.3, -0.25) is 0 Å². The topological polar surface area (TPSA) is 15.3 Å². The van der Waals surface area contributed by atoms with E-state index in [2.05, 4.69) is 51.5 Å². The molecule has 0 radical (unpaired) electrons. The van der Waals surface area contributed by atoms with Crippen LogP contribution in [-0.2, 0) is 0 Å². The molecule has 0 spiro atoms. The third kappa shape index (κ3) is 10.2. The molecule has 0 rings (SSSR count). The van der Waals surface area contributed by atoms with Crippen LogP contribution in [0.15, 0.2) is 12.2 Å². The summed E-state index contributed by atoms with van der Waals surface area (Å²) < 4.78 is 0. The van der Waals surface area contributed by atoms with Crippen molar-refractivity contribution in [2.24, 2.45) is 0 Å². The van der Waals surface area contributed by atoms with Gasteiger partial charge in [-0.05, 0) is 46.4 Å². The number of nitrogens with one attached hydrogen (secondary N) is 1. The van der Waals surface area contributed by atoms with Crippen molar-refractivity contribution in [2.45, 2.75) is 52.5 Å². The van der Waals surface area contributed by atoms with Crippen molar-refractivity contribution in [2.75, 3.05) is 26.7 Å². The molecule has 0 aromatic heterocycles. The Kier molecular flexibility index (Phi) is 7.69. The molecule has 16 heavy (non-hydrogen) atoms. The molecule has 0 amide bonds. The molecular weight excluding hydrogens is 196 g/mol. The van der Waals surface area contributed by atoms with Gasteiger partial charge in [0.1, 0.15) is 0 Å². The number of likely N-dealkylation sites (N-methyl/N-ethyl adjacent to an activating group) is 1. The van der Waals surface area contributed by atoms with E-state index in [1.54, 1.807) is 0 Å². The Labute approximate surface area is 102 Å². The minimum Gasteiger partial charge on any atom is -0.308 e. The molecule has 0 fully saturated rings. The molecular formula is C14H30N2. The van der Waals surface area contributed by atoms with Gasteiger partial charge in [-0.25, -0.2) is 0 Å². The first-order valence-electron chi connectivity index (χ1n) is 6.45. The fourth-order valence-corrected chi connectivity index (χ4v) is 1.54. The summed E-state index contributed by atoms with van der Waals surface area (Å²) >= 11 is 0. The Morgan fingerprint density at radius 3 is 2.38 bits per heavy atom. The second kappa shape index (κ2) is 7.86. The third-order valence-corrected chi connectivity index (χ3v) is 2.51. The van der Waals surface area contributed by atoms with E-state index in [1.807, 2.05) is 0 Å². The molecule has 0 unspecified atom stereocenters. The van der Waals surface area contributed by atoms with Crippen LogP contribution in [0.4, 0.5) is 0 Å². The lowest BCUT2D eigenvalue weighted by Gasteiger charge is -2.23. The van der Waals surface area contributed by atoms with Crippen LogP contribution in [0.5, 0.6) is 0 Å². The largest absolute Gasteiger partial charge is 0.308 e. The van der Waals surface area contributed by atoms with Crippen molar-refractivity contribution in [1.29, 1.82) is 0 Å². The van der Waals surface area contributed by atoms with Gasteiger partial charge in [-0.2, -0.15) is 0 Å². The smallest absolute Gasteiger partial charge is 0.0199 e. The number of nitrogens with zero attached hydrogens (tertiary/aromatic N) is 1. The second-order valence-corrected chi connectivity index (χ2v) is 5.80. The monoisotopic (exact) mass is 226 g/mol. The highest BCUT2D eigenvalue weighted by molar-refractivity contribution is 5.00. The molecule has 0 saturated carbocycles. The normalized spacial score (nSPS) is 12.1. The van der Waals surface area contributed by atoms with Gasteiger partial charge in [0.05, 0.1) is 0 Å². The maximum absolute atomic E-state index is 4.12. The number of unbranched alkanes of at least 4 members (excludes halogenated alkanes) is 2. The Balaban J connectivity index is 3.62. The highest BCUT2D eigenvalue weighted by Crippen LogP contribution is 2.02. The summed E-state index contributed by atoms with van der Waals surface area (Å²) in [5, 5.41) is 3.47. The van der Waals surface area contributed by atoms with Gasteiger partial charge < -0.3 is 10.2 Å². The molecule has 0 saturated heterocycles. The van der Waals surface area contributed by atoms with Crippen molar-refractivity contribution in [1.82, 2.24) is 10.2 Å². The Morgan fingerprint density at radius 1 is 1.25 bits per heavy atom. The van der Waals surface area contributed by atoms with Crippen molar-refractivity contribution in [3.63, 3.8) is 0 Å². The fourth-order valence-electron chi connectivity index (χ4n) is 1.54. The van der Waals surface area contributed by atoms with Crippen LogP contribution < -0.4 is 5.32 Å². The average Bonchev–Trinajstić information content (AvgIpc) is 2.14. The van der Waals surface area contributed by atoms with Gasteiger partial charge in [-0.15, -0.1) is 0 Å². The third-order valence-electron chi connectivity index (χ3n) is 2.51. The SMILES string of the molecule is C=C(CNC(C)(C)C)CN(C)CCCCC. The molecule has 2 nitrogen and oxygen atoms in total. The first kappa shape index (κ1) is 15.7. The quantitative estimate of drug-likeness (QED) is 0.505. The molecule has 96 valence electrons. The Bertz CT molecular complexity index is 191. The van der Waals surface area contributed by atoms with Crippen LogP contribution in [0.25, 0.3) is 0 Å². The van der Waals surface area contributed by atoms with Crippen LogP contribution in [0.2, 0.25) is 0 Å². The molecule has 1 N–H and O–H groups in total. The lowest BCUT2D eigenvalue weighted by Crippen LogP contribution is -2.38. The zero-order chi connectivity index (χ0) is 12.6. The summed E-state index contributed by atoms with van der Waals surface area (Å²) in [6.07, 6.45) is 3.92. The minimum atomic E-state index is 0.184. The fraction of sp³-hybridized carbons (Fsp3) is 0.857. The first-order valence-corrected chi connectivity index (χ1v) is 6.45. The van der Waals surface area contributed by atoms with Crippen LogP contribution in [0, 0.1) is 0 Å². The van der Waals surface area contributed by atoms with Gasteiger partial charge >= 0.3 is 0 Å². The summed E-state index contributed by atoms with van der Waals surface area (Å²) in [7, 11) is 2.18. The molecule has 0 aromatic carbocycles. The van der Waals surface area contributed by atoms with Crippen LogP contribution in [0.1, 0.15) is 47.0 Å². The van der Waals surface area contributed by atoms with E-state index in [1.165, 1.54) is 31.4 Å². The average molecular weight is 226 g/mol. The molecule has 0 aromatic rings. The molecule has 0 aliphatic heterocycles. The highest BCUT2D eigenvalue weighted by atomic mass is 15.1. The van der Waals surface area contributed by atoms with Crippen molar-refractivity contribution in [3.8, 4) is 0 Å². The van der Waals surface area contributed by atoms with Crippen LogP contribution in [0.3, 0.4) is 0 Å². The first-order chi connectivity index (χ1) is 7.35. The van der Waals surface area contributed by atoms with Crippen molar-refractivity contribution >= 4 is 0 Å². The molecule has 0 aliphatic rings. The minimum absolute atomic E-state index is 0.184. The summed E-state index contributed by atoms with van der Waals surface area (Å²) in [5.74, 6) is 0. The number of rotatable bonds is 8. The summed E-state index contributed by atoms with van der Waals surface area (Å²) in [6, 6.07) is 0. The zero-order valence-corrected chi connectivity index (χ0v) is 11.9. The van der Waals surface area contributed by atoms with Crippen molar-refractivity contribution in [3.05, 3.63) is 12.2 Å². The summed E-state index contributed by atoms with van der Waals surface area (Å²) in [6.45, 7) is 16.0. The van der Waals surface area contributed by atoms with Gasteiger partial charge in [0.25, 0.3) is 0 Å².